The van der Waals surface area contributed by atoms with Gasteiger partial charge in [0.1, 0.15) is 11.6 Å². The number of aromatic hydroxyl groups is 1. The minimum atomic E-state index is -0.662. The van der Waals surface area contributed by atoms with E-state index in [9.17, 15) is 20.0 Å². The number of hydrogen-bond donors (Lipinski definition) is 1. The molecule has 9 nitrogen and oxygen atoms in total. The van der Waals surface area contributed by atoms with E-state index in [1.54, 1.807) is 0 Å². The molecule has 0 unspecified atom stereocenters. The zero-order valence-corrected chi connectivity index (χ0v) is 17.6. The Hall–Kier alpha value is -3.51. The summed E-state index contributed by atoms with van der Waals surface area (Å²) in [4.78, 5) is 25.9. The van der Waals surface area contributed by atoms with Crippen molar-refractivity contribution in [2.75, 3.05) is 35.0 Å². The van der Waals surface area contributed by atoms with Crippen molar-refractivity contribution in [1.29, 1.82) is 5.26 Å². The molecule has 0 fully saturated rings. The molecule has 0 amide bonds. The number of rotatable bonds is 9. The Bertz CT molecular complexity index is 1030. The average molecular weight is 416 g/mol. The van der Waals surface area contributed by atoms with Crippen LogP contribution in [0.25, 0.3) is 0 Å². The fourth-order valence-corrected chi connectivity index (χ4v) is 3.15. The number of nitriles is 1. The van der Waals surface area contributed by atoms with Crippen molar-refractivity contribution in [3.63, 3.8) is 0 Å². The molecule has 1 aromatic carbocycles. The molecule has 1 N–H and O–H groups in total. The van der Waals surface area contributed by atoms with Crippen molar-refractivity contribution in [1.82, 2.24) is 4.57 Å². The second-order valence-corrected chi connectivity index (χ2v) is 6.36. The molecule has 0 atom stereocenters. The minimum absolute atomic E-state index is 0.0863. The van der Waals surface area contributed by atoms with E-state index in [2.05, 4.69) is 0 Å². The maximum atomic E-state index is 13.3. The topological polar surface area (TPSA) is 120 Å². The van der Waals surface area contributed by atoms with E-state index < -0.39 is 17.2 Å². The highest BCUT2D eigenvalue weighted by Crippen LogP contribution is 2.39. The number of pyridine rings is 1. The molecule has 160 valence electrons. The van der Waals surface area contributed by atoms with E-state index in [1.807, 2.05) is 6.07 Å². The molecule has 0 spiro atoms. The van der Waals surface area contributed by atoms with Gasteiger partial charge in [-0.25, -0.2) is 0 Å². The van der Waals surface area contributed by atoms with Crippen LogP contribution in [0, 0.1) is 18.3 Å². The van der Waals surface area contributed by atoms with Gasteiger partial charge in [0, 0.05) is 25.8 Å². The quantitative estimate of drug-likeness (QED) is 0.487. The van der Waals surface area contributed by atoms with Gasteiger partial charge in [-0.3, -0.25) is 14.2 Å². The van der Waals surface area contributed by atoms with Gasteiger partial charge in [0.05, 0.1) is 26.9 Å². The summed E-state index contributed by atoms with van der Waals surface area (Å²) in [5, 5.41) is 20.2. The van der Waals surface area contributed by atoms with Gasteiger partial charge in [-0.05, 0) is 31.0 Å². The lowest BCUT2D eigenvalue weighted by Gasteiger charge is -2.17. The second-order valence-electron chi connectivity index (χ2n) is 6.36. The molecule has 1 aromatic heterocycles. The second kappa shape index (κ2) is 9.80. The zero-order chi connectivity index (χ0) is 22.4. The molecule has 0 bridgehead atoms. The van der Waals surface area contributed by atoms with E-state index in [1.165, 1.54) is 47.5 Å². The number of benzene rings is 1. The third-order valence-electron chi connectivity index (χ3n) is 4.68. The largest absolute Gasteiger partial charge is 0.494 e. The predicted octanol–water partition coefficient (Wildman–Crippen LogP) is 2.03. The maximum absolute atomic E-state index is 13.3. The molecule has 0 aliphatic rings. The summed E-state index contributed by atoms with van der Waals surface area (Å²) in [5.74, 6) is -0.287. The summed E-state index contributed by atoms with van der Waals surface area (Å²) in [6, 6.07) is 4.71. The Morgan fingerprint density at radius 1 is 1.13 bits per heavy atom. The highest BCUT2D eigenvalue weighted by atomic mass is 16.5. The van der Waals surface area contributed by atoms with Crippen LogP contribution in [0.3, 0.4) is 0 Å². The Morgan fingerprint density at radius 3 is 2.20 bits per heavy atom. The fraction of sp³-hybridized carbons (Fsp3) is 0.381. The van der Waals surface area contributed by atoms with Crippen LogP contribution in [0.1, 0.15) is 33.5 Å². The predicted molar refractivity (Wildman–Crippen MR) is 108 cm³/mol. The van der Waals surface area contributed by atoms with E-state index in [-0.39, 0.29) is 40.3 Å². The number of methoxy groups -OCH3 is 4. The molecule has 2 rings (SSSR count). The van der Waals surface area contributed by atoms with Crippen molar-refractivity contribution >= 4 is 5.78 Å². The van der Waals surface area contributed by atoms with E-state index >= 15 is 0 Å². The van der Waals surface area contributed by atoms with Gasteiger partial charge in [0.2, 0.25) is 11.6 Å². The summed E-state index contributed by atoms with van der Waals surface area (Å²) in [6.45, 7) is 1.88. The highest BCUT2D eigenvalue weighted by molar-refractivity contribution is 6.12. The first-order valence-corrected chi connectivity index (χ1v) is 9.06. The third kappa shape index (κ3) is 4.09. The zero-order valence-electron chi connectivity index (χ0n) is 17.6. The van der Waals surface area contributed by atoms with Crippen LogP contribution < -0.4 is 19.8 Å². The monoisotopic (exact) mass is 416 g/mol. The average Bonchev–Trinajstić information content (AvgIpc) is 2.75. The summed E-state index contributed by atoms with van der Waals surface area (Å²) in [7, 11) is 5.78. The van der Waals surface area contributed by atoms with Crippen LogP contribution in [0.5, 0.6) is 23.1 Å². The molecule has 30 heavy (non-hydrogen) atoms. The first-order chi connectivity index (χ1) is 14.4. The minimum Gasteiger partial charge on any atom is -0.494 e. The molecule has 0 aliphatic carbocycles. The lowest BCUT2D eigenvalue weighted by Crippen LogP contribution is -2.27. The first kappa shape index (κ1) is 22.8. The Morgan fingerprint density at radius 2 is 1.73 bits per heavy atom. The number of ether oxygens (including phenoxy) is 4. The van der Waals surface area contributed by atoms with E-state index in [0.717, 1.165) is 4.57 Å². The molecule has 0 aliphatic heterocycles. The molecular weight excluding hydrogens is 392 g/mol. The molecular formula is C21H24N2O7. The number of hydrogen-bond acceptors (Lipinski definition) is 8. The Balaban J connectivity index is 2.72. The molecule has 0 saturated carbocycles. The number of ketones is 1. The number of carbonyl (C=O) groups is 1. The van der Waals surface area contributed by atoms with Crippen LogP contribution in [0.2, 0.25) is 0 Å². The van der Waals surface area contributed by atoms with Crippen molar-refractivity contribution in [2.45, 2.75) is 19.9 Å². The standard InChI is InChI=1S/C21H24N2O7/c1-12-14(11-22)20(25)23(7-6-8-27-2)21(26)17(12)18(24)13-9-15(28-3)19(30-5)16(10-13)29-4/h9-10,26H,6-8H2,1-5H3. The van der Waals surface area contributed by atoms with E-state index in [0.29, 0.717) is 18.8 Å². The molecule has 2 aromatic rings. The van der Waals surface area contributed by atoms with Crippen molar-refractivity contribution < 1.29 is 28.8 Å². The fourth-order valence-electron chi connectivity index (χ4n) is 3.15. The SMILES string of the molecule is COCCCn1c(O)c(C(=O)c2cc(OC)c(OC)c(OC)c2)c(C)c(C#N)c1=O. The summed E-state index contributed by atoms with van der Waals surface area (Å²) in [6.07, 6.45) is 0.412. The normalized spacial score (nSPS) is 10.4. The summed E-state index contributed by atoms with van der Waals surface area (Å²) >= 11 is 0. The van der Waals surface area contributed by atoms with Gasteiger partial charge < -0.3 is 24.1 Å². The van der Waals surface area contributed by atoms with Gasteiger partial charge in [-0.2, -0.15) is 5.26 Å². The Labute approximate surface area is 174 Å². The summed E-state index contributed by atoms with van der Waals surface area (Å²) < 4.78 is 21.8. The maximum Gasteiger partial charge on any atom is 0.271 e. The van der Waals surface area contributed by atoms with Gasteiger partial charge in [0.25, 0.3) is 5.56 Å². The number of nitrogens with zero attached hydrogens (tertiary/aromatic N) is 2. The highest BCUT2D eigenvalue weighted by Gasteiger charge is 2.26. The smallest absolute Gasteiger partial charge is 0.271 e. The molecule has 0 radical (unpaired) electrons. The lowest BCUT2D eigenvalue weighted by molar-refractivity contribution is 0.103. The summed E-state index contributed by atoms with van der Waals surface area (Å²) in [5.41, 5.74) is -0.778. The Kier molecular flexibility index (Phi) is 7.44. The molecule has 1 heterocycles. The third-order valence-corrected chi connectivity index (χ3v) is 4.68. The van der Waals surface area contributed by atoms with Crippen LogP contribution in [0.4, 0.5) is 0 Å². The van der Waals surface area contributed by atoms with Gasteiger partial charge in [-0.15, -0.1) is 0 Å². The first-order valence-electron chi connectivity index (χ1n) is 9.06. The lowest BCUT2D eigenvalue weighted by atomic mass is 9.96. The van der Waals surface area contributed by atoms with Gasteiger partial charge >= 0.3 is 0 Å². The number of carbonyl (C=O) groups excluding carboxylic acids is 1. The van der Waals surface area contributed by atoms with Crippen LogP contribution in [0.15, 0.2) is 16.9 Å². The van der Waals surface area contributed by atoms with Gasteiger partial charge in [-0.1, -0.05) is 0 Å². The van der Waals surface area contributed by atoms with Crippen LogP contribution in [-0.4, -0.2) is 50.5 Å². The molecule has 9 heteroatoms. The van der Waals surface area contributed by atoms with Crippen LogP contribution >= 0.6 is 0 Å². The van der Waals surface area contributed by atoms with E-state index in [4.69, 9.17) is 18.9 Å². The van der Waals surface area contributed by atoms with Crippen LogP contribution in [-0.2, 0) is 11.3 Å². The van der Waals surface area contributed by atoms with Crippen molar-refractivity contribution in [2.24, 2.45) is 0 Å². The molecule has 0 saturated heterocycles. The van der Waals surface area contributed by atoms with Gasteiger partial charge in [0.15, 0.2) is 17.3 Å². The number of aromatic nitrogens is 1. The van der Waals surface area contributed by atoms with Crippen molar-refractivity contribution in [3.8, 4) is 29.2 Å². The van der Waals surface area contributed by atoms with Crippen molar-refractivity contribution in [3.05, 3.63) is 44.7 Å².